The summed E-state index contributed by atoms with van der Waals surface area (Å²) in [5, 5.41) is 15.4. The Morgan fingerprint density at radius 3 is 0.553 bits per heavy atom. The second-order valence-electron chi connectivity index (χ2n) is 40.2. The molecule has 0 saturated carbocycles. The highest BCUT2D eigenvalue weighted by Crippen LogP contribution is 2.42. The number of nitrogens with zero attached hydrogens (tertiary/aromatic N) is 7. The van der Waals surface area contributed by atoms with Gasteiger partial charge >= 0.3 is 0 Å². The van der Waals surface area contributed by atoms with Gasteiger partial charge in [-0.1, -0.05) is 393 Å². The maximum absolute atomic E-state index is 2.45. The van der Waals surface area contributed by atoms with Crippen LogP contribution in [0.1, 0.15) is 108 Å². The molecule has 0 N–H and O–H groups in total. The Kier molecular flexibility index (Phi) is 36.6. The number of benzene rings is 22. The largest absolute Gasteiger partial charge is 0.339 e. The van der Waals surface area contributed by atoms with Gasteiger partial charge in [-0.2, -0.15) is 0 Å². The van der Waals surface area contributed by atoms with Gasteiger partial charge in [-0.15, -0.1) is 0 Å². The van der Waals surface area contributed by atoms with E-state index in [-0.39, 0.29) is 0 Å². The Morgan fingerprint density at radius 1 is 0.120 bits per heavy atom. The standard InChI is InChI=1S/C27H25N.2C23H21N.2C19H19N.C17H21N.C15H17N/c1-21(2)28(26-17-13-24(14-18-26)22-9-5-3-6-10-22)27-19-15-25(16-20-27)23-11-7-4-8-12-23;1-17(2)24(22-15-7-11-18-9-3-5-13-20(18)22)23-16-8-12-19-10-4-6-14-21(19)23;1-17(2)24(22-13-11-18-7-3-5-9-20(18)15-22)23-14-12-19-8-4-6-10-21(19)16-23;1-15(2)20(17-11-4-3-5-12-17)19-14-8-10-16-9-6-7-13-18(16)19;1-15(2)20(18-10-4-3-5-11-18)19-13-12-16-8-6-7-9-17(16)14-19;1-13(2)18(16-9-5-14(3)6-10-16)17-11-7-15(4)8-12-17;1-13(2)16(14-9-5-3-6-10-14)15-11-7-4-8-12-15/h3-21H,1-2H3;2*3-17H,1-2H3;2*3-15H,1-2H3;5-13H,1-4H3;3-13H,1-2H3. The molecule has 0 atom stereocenters. The van der Waals surface area contributed by atoms with Crippen LogP contribution in [0.4, 0.5) is 79.6 Å². The lowest BCUT2D eigenvalue weighted by molar-refractivity contribution is 0.788. The van der Waals surface area contributed by atoms with Crippen LogP contribution in [-0.2, 0) is 0 Å². The summed E-state index contributed by atoms with van der Waals surface area (Å²) >= 11 is 0. The van der Waals surface area contributed by atoms with E-state index in [4.69, 9.17) is 0 Å². The Balaban J connectivity index is 0.000000125. The third kappa shape index (κ3) is 27.1. The molecule has 7 heteroatoms. The molecule has 0 heterocycles. The fourth-order valence-electron chi connectivity index (χ4n) is 20.0. The molecule has 0 aliphatic carbocycles. The molecule has 0 aliphatic heterocycles. The zero-order chi connectivity index (χ0) is 105. The van der Waals surface area contributed by atoms with E-state index in [1.54, 1.807) is 0 Å². The lowest BCUT2D eigenvalue weighted by Gasteiger charge is -2.31. The van der Waals surface area contributed by atoms with Crippen LogP contribution in [0.25, 0.3) is 86.9 Å². The van der Waals surface area contributed by atoms with Crippen molar-refractivity contribution in [3.05, 3.63) is 545 Å². The Bertz CT molecular complexity index is 7590. The van der Waals surface area contributed by atoms with E-state index in [1.165, 1.54) is 178 Å². The zero-order valence-corrected chi connectivity index (χ0v) is 90.0. The number of fused-ring (bicyclic) bond motifs is 6. The molecule has 0 fully saturated rings. The van der Waals surface area contributed by atoms with Crippen molar-refractivity contribution in [2.45, 2.75) is 153 Å². The highest BCUT2D eigenvalue weighted by atomic mass is 15.2. The summed E-state index contributed by atoms with van der Waals surface area (Å²) in [5.74, 6) is 0. The minimum atomic E-state index is 0.363. The van der Waals surface area contributed by atoms with Crippen LogP contribution in [0.5, 0.6) is 0 Å². The van der Waals surface area contributed by atoms with Gasteiger partial charge in [0.2, 0.25) is 0 Å². The second-order valence-corrected chi connectivity index (χ2v) is 40.2. The number of hydrogen-bond acceptors (Lipinski definition) is 7. The number of para-hydroxylation sites is 4. The van der Waals surface area contributed by atoms with Gasteiger partial charge in [-0.3, -0.25) is 0 Å². The first-order chi connectivity index (χ1) is 73.1. The number of rotatable bonds is 23. The number of hydrogen-bond donors (Lipinski definition) is 0. The van der Waals surface area contributed by atoms with Gasteiger partial charge < -0.3 is 34.3 Å². The molecule has 0 aliphatic rings. The van der Waals surface area contributed by atoms with Gasteiger partial charge in [-0.25, -0.2) is 0 Å². The Hall–Kier alpha value is -17.0. The summed E-state index contributed by atoms with van der Waals surface area (Å²) < 4.78 is 0. The van der Waals surface area contributed by atoms with Crippen LogP contribution in [0.15, 0.2) is 534 Å². The summed E-state index contributed by atoms with van der Waals surface area (Å²) in [7, 11) is 0. The first kappa shape index (κ1) is 106. The van der Waals surface area contributed by atoms with Crippen molar-refractivity contribution in [2.24, 2.45) is 0 Å². The van der Waals surface area contributed by atoms with Crippen LogP contribution < -0.4 is 34.3 Å². The molecule has 0 spiro atoms. The van der Waals surface area contributed by atoms with Crippen LogP contribution in [0, 0.1) is 13.8 Å². The maximum Gasteiger partial charge on any atom is 0.0493 e. The molecule has 22 aromatic rings. The van der Waals surface area contributed by atoms with Crippen molar-refractivity contribution in [3.63, 3.8) is 0 Å². The van der Waals surface area contributed by atoms with Gasteiger partial charge in [0.15, 0.2) is 0 Å². The average Bonchev–Trinajstić information content (AvgIpc) is 0.774. The third-order valence-electron chi connectivity index (χ3n) is 27.0. The lowest BCUT2D eigenvalue weighted by atomic mass is 10.0. The highest BCUT2D eigenvalue weighted by molar-refractivity contribution is 6.03. The van der Waals surface area contributed by atoms with Gasteiger partial charge in [0.05, 0.1) is 0 Å². The van der Waals surface area contributed by atoms with E-state index in [0.717, 1.165) is 0 Å². The molecule has 0 aromatic heterocycles. The molecule has 22 rings (SSSR count). The van der Waals surface area contributed by atoms with E-state index in [2.05, 4.69) is 667 Å². The zero-order valence-electron chi connectivity index (χ0n) is 90.0. The van der Waals surface area contributed by atoms with E-state index in [9.17, 15) is 0 Å². The molecule has 22 aromatic carbocycles. The van der Waals surface area contributed by atoms with Gasteiger partial charge in [0.25, 0.3) is 0 Å². The quantitative estimate of drug-likeness (QED) is 0.0629. The highest BCUT2D eigenvalue weighted by Gasteiger charge is 2.23. The summed E-state index contributed by atoms with van der Waals surface area (Å²) in [4.78, 5) is 16.7. The normalized spacial score (nSPS) is 11.0. The molecule has 0 bridgehead atoms. The average molecular weight is 1960 g/mol. The molecule has 750 valence electrons. The van der Waals surface area contributed by atoms with Gasteiger partial charge in [0, 0.05) is 138 Å². The van der Waals surface area contributed by atoms with Crippen molar-refractivity contribution >= 4 is 144 Å². The molecule has 150 heavy (non-hydrogen) atoms. The summed E-state index contributed by atoms with van der Waals surface area (Å²) in [6.07, 6.45) is 0. The maximum atomic E-state index is 2.45. The van der Waals surface area contributed by atoms with Crippen molar-refractivity contribution in [2.75, 3.05) is 34.3 Å². The predicted octanol–water partition coefficient (Wildman–Crippen LogP) is 40.5. The monoisotopic (exact) mass is 1960 g/mol. The van der Waals surface area contributed by atoms with Crippen molar-refractivity contribution < 1.29 is 0 Å². The van der Waals surface area contributed by atoms with Crippen molar-refractivity contribution in [1.82, 2.24) is 0 Å². The van der Waals surface area contributed by atoms with Crippen LogP contribution >= 0.6 is 0 Å². The molecular weight excluding hydrogens is 1820 g/mol. The Morgan fingerprint density at radius 2 is 0.293 bits per heavy atom. The van der Waals surface area contributed by atoms with E-state index >= 15 is 0 Å². The molecule has 7 nitrogen and oxygen atoms in total. The summed E-state index contributed by atoms with van der Waals surface area (Å²) in [6.45, 7) is 35.5. The number of anilines is 14. The third-order valence-corrected chi connectivity index (χ3v) is 27.0. The molecule has 0 amide bonds. The first-order valence-electron chi connectivity index (χ1n) is 53.2. The van der Waals surface area contributed by atoms with Crippen LogP contribution in [0.2, 0.25) is 0 Å². The van der Waals surface area contributed by atoms with Crippen molar-refractivity contribution in [1.29, 1.82) is 0 Å². The van der Waals surface area contributed by atoms with Gasteiger partial charge in [-0.05, 0) is 333 Å². The molecule has 0 radical (unpaired) electrons. The van der Waals surface area contributed by atoms with E-state index in [0.29, 0.717) is 42.3 Å². The minimum Gasteiger partial charge on any atom is -0.339 e. The lowest BCUT2D eigenvalue weighted by Crippen LogP contribution is -2.25. The predicted molar refractivity (Wildman–Crippen MR) is 656 cm³/mol. The second kappa shape index (κ2) is 51.9. The van der Waals surface area contributed by atoms with Crippen molar-refractivity contribution in [3.8, 4) is 22.3 Å². The SMILES string of the molecule is CC(C)N(c1ccc(-c2ccccc2)cc1)c1ccc(-c2ccccc2)cc1.CC(C)N(c1ccc2ccccc2c1)c1ccc2ccccc2c1.CC(C)N(c1cccc2ccccc12)c1cccc2ccccc12.CC(C)N(c1ccccc1)c1ccc2ccccc2c1.CC(C)N(c1ccccc1)c1cccc2ccccc12.CC(C)N(c1ccccc1)c1ccccc1.Cc1ccc(N(c2ccc(C)cc2)C(C)C)cc1. The number of aryl methyl sites for hydroxylation is 2. The molecular formula is C143H143N7. The summed E-state index contributed by atoms with van der Waals surface area (Å²) in [6, 6.07) is 192. The van der Waals surface area contributed by atoms with E-state index in [1.807, 2.05) is 12.1 Å². The fraction of sp³-hybridized carbons (Fsp3) is 0.161. The fourth-order valence-corrected chi connectivity index (χ4v) is 20.0. The van der Waals surface area contributed by atoms with Crippen LogP contribution in [0.3, 0.4) is 0 Å². The smallest absolute Gasteiger partial charge is 0.0493 e. The molecule has 0 unspecified atom stereocenters. The van der Waals surface area contributed by atoms with E-state index < -0.39 is 0 Å². The topological polar surface area (TPSA) is 22.7 Å². The molecule has 0 saturated heterocycles. The summed E-state index contributed by atoms with van der Waals surface area (Å²) in [5.41, 5.74) is 24.9. The minimum absolute atomic E-state index is 0.363. The first-order valence-corrected chi connectivity index (χ1v) is 53.2. The van der Waals surface area contributed by atoms with Gasteiger partial charge in [0.1, 0.15) is 0 Å². The Labute approximate surface area is 892 Å². The van der Waals surface area contributed by atoms with Crippen LogP contribution in [-0.4, -0.2) is 42.3 Å².